The fourth-order valence-corrected chi connectivity index (χ4v) is 2.22. The lowest BCUT2D eigenvalue weighted by Gasteiger charge is -2.20. The van der Waals surface area contributed by atoms with E-state index < -0.39 is 0 Å². The highest BCUT2D eigenvalue weighted by molar-refractivity contribution is 5.91. The van der Waals surface area contributed by atoms with Gasteiger partial charge in [0.15, 0.2) is 11.5 Å². The number of rotatable bonds is 4. The molecule has 24 heavy (non-hydrogen) atoms. The van der Waals surface area contributed by atoms with E-state index in [1.807, 2.05) is 39.0 Å². The first-order chi connectivity index (χ1) is 11.4. The molecule has 7 heteroatoms. The van der Waals surface area contributed by atoms with E-state index in [4.69, 9.17) is 9.47 Å². The largest absolute Gasteiger partial charge is 0.454 e. The highest BCUT2D eigenvalue weighted by atomic mass is 16.7. The molecule has 0 radical (unpaired) electrons. The normalized spacial score (nSPS) is 12.8. The summed E-state index contributed by atoms with van der Waals surface area (Å²) in [4.78, 5) is 20.5. The zero-order valence-electron chi connectivity index (χ0n) is 13.9. The van der Waals surface area contributed by atoms with E-state index in [2.05, 4.69) is 20.6 Å². The van der Waals surface area contributed by atoms with Crippen LogP contribution in [-0.2, 0) is 6.54 Å². The molecular weight excluding hydrogens is 308 g/mol. The summed E-state index contributed by atoms with van der Waals surface area (Å²) in [5, 5.41) is 6.01. The lowest BCUT2D eigenvalue weighted by molar-refractivity contribution is 0.0945. The number of fused-ring (bicyclic) bond motifs is 1. The van der Waals surface area contributed by atoms with Crippen LogP contribution in [0.25, 0.3) is 0 Å². The first-order valence-corrected chi connectivity index (χ1v) is 7.68. The van der Waals surface area contributed by atoms with Crippen molar-refractivity contribution < 1.29 is 14.3 Å². The summed E-state index contributed by atoms with van der Waals surface area (Å²) < 4.78 is 10.6. The van der Waals surface area contributed by atoms with Gasteiger partial charge in [-0.05, 0) is 38.5 Å². The molecule has 0 aliphatic carbocycles. The minimum absolute atomic E-state index is 0.113. The van der Waals surface area contributed by atoms with Crippen LogP contribution in [0.1, 0.15) is 36.8 Å². The summed E-state index contributed by atoms with van der Waals surface area (Å²) in [6, 6.07) is 5.57. The van der Waals surface area contributed by atoms with E-state index in [0.717, 1.165) is 11.3 Å². The Hall–Kier alpha value is -2.83. The Labute approximate surface area is 140 Å². The summed E-state index contributed by atoms with van der Waals surface area (Å²) in [6.45, 7) is 6.69. The Balaban J connectivity index is 1.59. The van der Waals surface area contributed by atoms with Crippen LogP contribution in [0.15, 0.2) is 30.6 Å². The monoisotopic (exact) mass is 328 g/mol. The number of hydrogen-bond donors (Lipinski definition) is 2. The molecule has 0 bridgehead atoms. The van der Waals surface area contributed by atoms with Crippen LogP contribution in [0.5, 0.6) is 11.5 Å². The molecule has 7 nitrogen and oxygen atoms in total. The number of carbonyl (C=O) groups excluding carboxylic acids is 1. The van der Waals surface area contributed by atoms with E-state index in [1.165, 1.54) is 6.20 Å². The third-order valence-corrected chi connectivity index (χ3v) is 3.28. The first kappa shape index (κ1) is 16.0. The second-order valence-corrected chi connectivity index (χ2v) is 6.53. The predicted molar refractivity (Wildman–Crippen MR) is 89.1 cm³/mol. The molecule has 1 amide bonds. The second-order valence-electron chi connectivity index (χ2n) is 6.53. The maximum absolute atomic E-state index is 12.2. The highest BCUT2D eigenvalue weighted by Crippen LogP contribution is 2.32. The van der Waals surface area contributed by atoms with Gasteiger partial charge in [0.25, 0.3) is 5.91 Å². The Morgan fingerprint density at radius 2 is 1.96 bits per heavy atom. The summed E-state index contributed by atoms with van der Waals surface area (Å²) in [5.74, 6) is 1.77. The quantitative estimate of drug-likeness (QED) is 0.896. The molecule has 0 fully saturated rings. The standard InChI is InChI=1S/C17H20N4O3/c1-17(2,3)21-15-9-18-12(8-19-15)16(22)20-7-11-4-5-13-14(6-11)24-10-23-13/h4-6,8-9H,7,10H2,1-3H3,(H,19,21)(H,20,22). The van der Waals surface area contributed by atoms with Crippen LogP contribution in [0, 0.1) is 0 Å². The van der Waals surface area contributed by atoms with E-state index in [9.17, 15) is 4.79 Å². The number of amides is 1. The minimum Gasteiger partial charge on any atom is -0.454 e. The zero-order chi connectivity index (χ0) is 17.2. The van der Waals surface area contributed by atoms with Crippen molar-refractivity contribution in [2.24, 2.45) is 0 Å². The maximum Gasteiger partial charge on any atom is 0.271 e. The summed E-state index contributed by atoms with van der Waals surface area (Å²) >= 11 is 0. The van der Waals surface area contributed by atoms with Crippen LogP contribution in [0.4, 0.5) is 5.82 Å². The smallest absolute Gasteiger partial charge is 0.271 e. The highest BCUT2D eigenvalue weighted by Gasteiger charge is 2.15. The molecule has 0 spiro atoms. The maximum atomic E-state index is 12.2. The molecule has 1 aliphatic rings. The van der Waals surface area contributed by atoms with E-state index in [0.29, 0.717) is 18.1 Å². The van der Waals surface area contributed by atoms with Gasteiger partial charge in [-0.15, -0.1) is 0 Å². The number of carbonyl (C=O) groups is 1. The van der Waals surface area contributed by atoms with Crippen molar-refractivity contribution in [2.75, 3.05) is 12.1 Å². The van der Waals surface area contributed by atoms with Crippen LogP contribution < -0.4 is 20.1 Å². The van der Waals surface area contributed by atoms with Gasteiger partial charge in [-0.25, -0.2) is 9.97 Å². The molecule has 2 heterocycles. The van der Waals surface area contributed by atoms with Crippen molar-refractivity contribution in [3.63, 3.8) is 0 Å². The van der Waals surface area contributed by atoms with Crippen molar-refractivity contribution in [3.8, 4) is 11.5 Å². The fraction of sp³-hybridized carbons (Fsp3) is 0.353. The Morgan fingerprint density at radius 1 is 1.17 bits per heavy atom. The SMILES string of the molecule is CC(C)(C)Nc1cnc(C(=O)NCc2ccc3c(c2)OCO3)cn1. The van der Waals surface area contributed by atoms with Crippen molar-refractivity contribution in [1.82, 2.24) is 15.3 Å². The lowest BCUT2D eigenvalue weighted by atomic mass is 10.1. The van der Waals surface area contributed by atoms with Crippen LogP contribution in [0.3, 0.4) is 0 Å². The number of nitrogens with zero attached hydrogens (tertiary/aromatic N) is 2. The number of benzene rings is 1. The van der Waals surface area contributed by atoms with Crippen LogP contribution in [0.2, 0.25) is 0 Å². The molecule has 3 rings (SSSR count). The number of aromatic nitrogens is 2. The van der Waals surface area contributed by atoms with Gasteiger partial charge < -0.3 is 20.1 Å². The van der Waals surface area contributed by atoms with Gasteiger partial charge in [0.05, 0.1) is 12.4 Å². The molecular formula is C17H20N4O3. The first-order valence-electron chi connectivity index (χ1n) is 7.68. The molecule has 2 aromatic rings. The van der Waals surface area contributed by atoms with Crippen molar-refractivity contribution in [1.29, 1.82) is 0 Å². The van der Waals surface area contributed by atoms with Crippen molar-refractivity contribution in [3.05, 3.63) is 41.9 Å². The minimum atomic E-state index is -0.275. The summed E-state index contributed by atoms with van der Waals surface area (Å²) in [5.41, 5.74) is 1.08. The summed E-state index contributed by atoms with van der Waals surface area (Å²) in [7, 11) is 0. The van der Waals surface area contributed by atoms with Gasteiger partial charge in [-0.1, -0.05) is 6.07 Å². The van der Waals surface area contributed by atoms with Crippen LogP contribution in [-0.4, -0.2) is 28.2 Å². The number of ether oxygens (including phenoxy) is 2. The molecule has 0 unspecified atom stereocenters. The molecule has 126 valence electrons. The molecule has 2 N–H and O–H groups in total. The van der Waals surface area contributed by atoms with E-state index >= 15 is 0 Å². The topological polar surface area (TPSA) is 85.4 Å². The lowest BCUT2D eigenvalue weighted by Crippen LogP contribution is -2.27. The Morgan fingerprint density at radius 3 is 2.67 bits per heavy atom. The van der Waals surface area contributed by atoms with Gasteiger partial charge in [0.1, 0.15) is 11.5 Å². The van der Waals surface area contributed by atoms with E-state index in [-0.39, 0.29) is 23.9 Å². The third kappa shape index (κ3) is 3.92. The third-order valence-electron chi connectivity index (χ3n) is 3.28. The molecule has 1 aromatic carbocycles. The van der Waals surface area contributed by atoms with Crippen molar-refractivity contribution in [2.45, 2.75) is 32.9 Å². The molecule has 0 saturated heterocycles. The van der Waals surface area contributed by atoms with Gasteiger partial charge in [0.2, 0.25) is 6.79 Å². The predicted octanol–water partition coefficient (Wildman–Crippen LogP) is 2.35. The Bertz CT molecular complexity index is 738. The number of hydrogen-bond acceptors (Lipinski definition) is 6. The summed E-state index contributed by atoms with van der Waals surface area (Å²) in [6.07, 6.45) is 3.02. The zero-order valence-corrected chi connectivity index (χ0v) is 13.9. The average molecular weight is 328 g/mol. The Kier molecular flexibility index (Phi) is 4.24. The van der Waals surface area contributed by atoms with Gasteiger partial charge in [-0.2, -0.15) is 0 Å². The molecule has 0 saturated carbocycles. The molecule has 0 atom stereocenters. The second kappa shape index (κ2) is 6.35. The van der Waals surface area contributed by atoms with Crippen molar-refractivity contribution >= 4 is 11.7 Å². The van der Waals surface area contributed by atoms with Crippen LogP contribution >= 0.6 is 0 Å². The molecule has 1 aliphatic heterocycles. The van der Waals surface area contributed by atoms with Gasteiger partial charge in [0, 0.05) is 12.1 Å². The molecule has 1 aromatic heterocycles. The van der Waals surface area contributed by atoms with Gasteiger partial charge in [-0.3, -0.25) is 4.79 Å². The average Bonchev–Trinajstić information content (AvgIpc) is 2.99. The van der Waals surface area contributed by atoms with Gasteiger partial charge >= 0.3 is 0 Å². The number of nitrogens with one attached hydrogen (secondary N) is 2. The van der Waals surface area contributed by atoms with E-state index in [1.54, 1.807) is 6.20 Å². The fourth-order valence-electron chi connectivity index (χ4n) is 2.22. The number of anilines is 1.